The molecule has 2 heterocycles. The van der Waals surface area contributed by atoms with Crippen molar-refractivity contribution in [2.75, 3.05) is 30.3 Å². The highest BCUT2D eigenvalue weighted by atomic mass is 16.5. The highest BCUT2D eigenvalue weighted by molar-refractivity contribution is 5.79. The Balaban J connectivity index is 2.23. The first-order valence-electron chi connectivity index (χ1n) is 6.27. The third kappa shape index (κ3) is 3.11. The molecule has 1 amide bonds. The predicted octanol–water partition coefficient (Wildman–Crippen LogP) is -0.127. The quantitative estimate of drug-likeness (QED) is 0.788. The molecule has 104 valence electrons. The lowest BCUT2D eigenvalue weighted by molar-refractivity contribution is -0.130. The van der Waals surface area contributed by atoms with Crippen LogP contribution in [0.1, 0.15) is 25.5 Å². The van der Waals surface area contributed by atoms with E-state index in [-0.39, 0.29) is 11.9 Å². The fraction of sp³-hybridized carbons (Fsp3) is 0.583. The Morgan fingerprint density at radius 1 is 1.53 bits per heavy atom. The number of amides is 1. The predicted molar refractivity (Wildman–Crippen MR) is 71.7 cm³/mol. The van der Waals surface area contributed by atoms with Crippen LogP contribution in [0, 0.1) is 0 Å². The summed E-state index contributed by atoms with van der Waals surface area (Å²) in [6, 6.07) is 1.89. The number of nitrogen functional groups attached to an aromatic ring is 1. The molecule has 1 aromatic heterocycles. The Labute approximate surface area is 111 Å². The van der Waals surface area contributed by atoms with Crippen LogP contribution in [0.15, 0.2) is 6.07 Å². The minimum absolute atomic E-state index is 0.239. The van der Waals surface area contributed by atoms with Crippen LogP contribution in [0.2, 0.25) is 0 Å². The van der Waals surface area contributed by atoms with E-state index in [0.29, 0.717) is 25.5 Å². The van der Waals surface area contributed by atoms with E-state index < -0.39 is 12.0 Å². The van der Waals surface area contributed by atoms with Gasteiger partial charge < -0.3 is 21.1 Å². The summed E-state index contributed by atoms with van der Waals surface area (Å²) in [4.78, 5) is 21.6. The van der Waals surface area contributed by atoms with E-state index in [2.05, 4.69) is 9.97 Å². The fourth-order valence-electron chi connectivity index (χ4n) is 1.96. The van der Waals surface area contributed by atoms with E-state index in [4.69, 9.17) is 16.2 Å². The van der Waals surface area contributed by atoms with Gasteiger partial charge in [-0.25, -0.2) is 4.98 Å². The molecule has 2 rings (SSSR count). The van der Waals surface area contributed by atoms with Crippen LogP contribution in [0.4, 0.5) is 11.8 Å². The van der Waals surface area contributed by atoms with Gasteiger partial charge in [0.15, 0.2) is 6.10 Å². The van der Waals surface area contributed by atoms with Crippen molar-refractivity contribution in [2.45, 2.75) is 25.9 Å². The SMILES string of the molecule is CC(C)c1cc(N2CCO[C@H](C(N)=O)C2)nc(N)n1. The Hall–Kier alpha value is -1.89. The number of nitrogens with zero attached hydrogens (tertiary/aromatic N) is 3. The van der Waals surface area contributed by atoms with Gasteiger partial charge in [-0.05, 0) is 5.92 Å². The van der Waals surface area contributed by atoms with E-state index in [0.717, 1.165) is 5.69 Å². The first kappa shape index (κ1) is 13.5. The summed E-state index contributed by atoms with van der Waals surface area (Å²) in [5.74, 6) is 0.752. The zero-order chi connectivity index (χ0) is 14.0. The van der Waals surface area contributed by atoms with Crippen molar-refractivity contribution < 1.29 is 9.53 Å². The van der Waals surface area contributed by atoms with Gasteiger partial charge in [0.05, 0.1) is 18.8 Å². The minimum Gasteiger partial charge on any atom is -0.368 e. The van der Waals surface area contributed by atoms with E-state index >= 15 is 0 Å². The topological polar surface area (TPSA) is 107 Å². The van der Waals surface area contributed by atoms with Crippen molar-refractivity contribution in [2.24, 2.45) is 5.73 Å². The molecule has 7 nitrogen and oxygen atoms in total. The van der Waals surface area contributed by atoms with Gasteiger partial charge in [0, 0.05) is 12.6 Å². The highest BCUT2D eigenvalue weighted by Crippen LogP contribution is 2.21. The van der Waals surface area contributed by atoms with Crippen molar-refractivity contribution in [3.05, 3.63) is 11.8 Å². The molecule has 1 aromatic rings. The molecule has 7 heteroatoms. The molecular weight excluding hydrogens is 246 g/mol. The van der Waals surface area contributed by atoms with E-state index in [1.807, 2.05) is 24.8 Å². The molecule has 1 fully saturated rings. The van der Waals surface area contributed by atoms with Crippen molar-refractivity contribution in [1.82, 2.24) is 9.97 Å². The normalized spacial score (nSPS) is 19.7. The number of carbonyl (C=O) groups excluding carboxylic acids is 1. The highest BCUT2D eigenvalue weighted by Gasteiger charge is 2.26. The number of rotatable bonds is 3. The van der Waals surface area contributed by atoms with Crippen molar-refractivity contribution in [1.29, 1.82) is 0 Å². The monoisotopic (exact) mass is 265 g/mol. The Bertz CT molecular complexity index is 477. The molecule has 0 spiro atoms. The number of hydrogen-bond donors (Lipinski definition) is 2. The standard InChI is InChI=1S/C12H19N5O2/c1-7(2)8-5-10(16-12(14)15-8)17-3-4-19-9(6-17)11(13)18/h5,7,9H,3-4,6H2,1-2H3,(H2,13,18)(H2,14,15,16)/t9-/m0/s1. The average Bonchev–Trinajstić information content (AvgIpc) is 2.38. The maximum atomic E-state index is 11.2. The van der Waals surface area contributed by atoms with E-state index in [1.165, 1.54) is 0 Å². The summed E-state index contributed by atoms with van der Waals surface area (Å²) in [6.45, 7) is 5.56. The molecule has 19 heavy (non-hydrogen) atoms. The number of aromatic nitrogens is 2. The number of morpholine rings is 1. The van der Waals surface area contributed by atoms with E-state index in [9.17, 15) is 4.79 Å². The number of primary amides is 1. The molecule has 1 aliphatic rings. The zero-order valence-electron chi connectivity index (χ0n) is 11.2. The van der Waals surface area contributed by atoms with Gasteiger partial charge in [-0.15, -0.1) is 0 Å². The molecule has 0 saturated carbocycles. The largest absolute Gasteiger partial charge is 0.368 e. The maximum absolute atomic E-state index is 11.2. The van der Waals surface area contributed by atoms with Gasteiger partial charge in [0.2, 0.25) is 11.9 Å². The second-order valence-electron chi connectivity index (χ2n) is 4.87. The van der Waals surface area contributed by atoms with Crippen molar-refractivity contribution >= 4 is 17.7 Å². The average molecular weight is 265 g/mol. The van der Waals surface area contributed by atoms with Crippen LogP contribution < -0.4 is 16.4 Å². The number of carbonyl (C=O) groups is 1. The minimum atomic E-state index is -0.604. The lowest BCUT2D eigenvalue weighted by atomic mass is 10.1. The molecule has 0 aromatic carbocycles. The van der Waals surface area contributed by atoms with Gasteiger partial charge in [-0.3, -0.25) is 4.79 Å². The molecule has 1 saturated heterocycles. The second kappa shape index (κ2) is 5.40. The summed E-state index contributed by atoms with van der Waals surface area (Å²) in [5, 5.41) is 0. The second-order valence-corrected chi connectivity index (χ2v) is 4.87. The van der Waals surface area contributed by atoms with Gasteiger partial charge in [0.25, 0.3) is 0 Å². The Kier molecular flexibility index (Phi) is 3.84. The lowest BCUT2D eigenvalue weighted by Gasteiger charge is -2.32. The molecule has 1 aliphatic heterocycles. The number of anilines is 2. The molecule has 0 bridgehead atoms. The van der Waals surface area contributed by atoms with Crippen LogP contribution in [-0.4, -0.2) is 41.7 Å². The fourth-order valence-corrected chi connectivity index (χ4v) is 1.96. The summed E-state index contributed by atoms with van der Waals surface area (Å²) in [5.41, 5.74) is 11.9. The smallest absolute Gasteiger partial charge is 0.248 e. The van der Waals surface area contributed by atoms with Crippen LogP contribution in [0.25, 0.3) is 0 Å². The molecule has 1 atom stereocenters. The molecule has 4 N–H and O–H groups in total. The summed E-state index contributed by atoms with van der Waals surface area (Å²) < 4.78 is 5.31. The number of hydrogen-bond acceptors (Lipinski definition) is 6. The zero-order valence-corrected chi connectivity index (χ0v) is 11.2. The summed E-state index contributed by atoms with van der Waals surface area (Å²) in [7, 11) is 0. The molecule has 0 radical (unpaired) electrons. The molecule has 0 aliphatic carbocycles. The van der Waals surface area contributed by atoms with Crippen molar-refractivity contribution in [3.8, 4) is 0 Å². The first-order chi connectivity index (χ1) is 8.97. The number of nitrogens with two attached hydrogens (primary N) is 2. The van der Waals surface area contributed by atoms with Gasteiger partial charge >= 0.3 is 0 Å². The van der Waals surface area contributed by atoms with Crippen molar-refractivity contribution in [3.63, 3.8) is 0 Å². The lowest BCUT2D eigenvalue weighted by Crippen LogP contribution is -2.48. The third-order valence-electron chi connectivity index (χ3n) is 3.05. The van der Waals surface area contributed by atoms with E-state index in [1.54, 1.807) is 0 Å². The number of ether oxygens (including phenoxy) is 1. The Morgan fingerprint density at radius 3 is 2.89 bits per heavy atom. The van der Waals surface area contributed by atoms with Crippen LogP contribution >= 0.6 is 0 Å². The maximum Gasteiger partial charge on any atom is 0.248 e. The van der Waals surface area contributed by atoms with Crippen LogP contribution in [0.3, 0.4) is 0 Å². The Morgan fingerprint density at radius 2 is 2.26 bits per heavy atom. The molecular formula is C12H19N5O2. The van der Waals surface area contributed by atoms with Crippen LogP contribution in [0.5, 0.6) is 0 Å². The van der Waals surface area contributed by atoms with Gasteiger partial charge in [0.1, 0.15) is 5.82 Å². The first-order valence-corrected chi connectivity index (χ1v) is 6.27. The van der Waals surface area contributed by atoms with Crippen LogP contribution in [-0.2, 0) is 9.53 Å². The summed E-state index contributed by atoms with van der Waals surface area (Å²) >= 11 is 0. The summed E-state index contributed by atoms with van der Waals surface area (Å²) in [6.07, 6.45) is -0.604. The molecule has 0 unspecified atom stereocenters. The third-order valence-corrected chi connectivity index (χ3v) is 3.05. The van der Waals surface area contributed by atoms with Gasteiger partial charge in [-0.1, -0.05) is 13.8 Å². The van der Waals surface area contributed by atoms with Gasteiger partial charge in [-0.2, -0.15) is 4.98 Å².